The number of alkyl halides is 2. The number of rotatable bonds is 7. The Morgan fingerprint density at radius 1 is 1.33 bits per heavy atom. The third-order valence-corrected chi connectivity index (χ3v) is 3.01. The van der Waals surface area contributed by atoms with Crippen molar-refractivity contribution >= 4 is 6.29 Å². The van der Waals surface area contributed by atoms with Gasteiger partial charge in [-0.1, -0.05) is 13.3 Å². The number of benzene rings is 1. The molecule has 0 atom stereocenters. The molecule has 2 rings (SSSR count). The van der Waals surface area contributed by atoms with Crippen LogP contribution in [0.3, 0.4) is 0 Å². The first kappa shape index (κ1) is 15.2. The first-order valence-corrected chi connectivity index (χ1v) is 6.72. The monoisotopic (exact) mass is 294 g/mol. The van der Waals surface area contributed by atoms with Gasteiger partial charge in [0.05, 0.1) is 5.56 Å². The summed E-state index contributed by atoms with van der Waals surface area (Å²) in [6.07, 6.45) is 4.45. The second-order valence-corrected chi connectivity index (χ2v) is 4.57. The van der Waals surface area contributed by atoms with Crippen LogP contribution in [0.1, 0.15) is 30.1 Å². The van der Waals surface area contributed by atoms with Gasteiger partial charge in [-0.25, -0.2) is 0 Å². The SMILES string of the molecule is CCCCn1cc(C=O)c(-c2ccc(OC(F)F)cc2)n1. The van der Waals surface area contributed by atoms with Crippen LogP contribution >= 0.6 is 0 Å². The maximum atomic E-state index is 12.1. The van der Waals surface area contributed by atoms with Crippen molar-refractivity contribution in [1.29, 1.82) is 0 Å². The topological polar surface area (TPSA) is 44.1 Å². The number of aromatic nitrogens is 2. The molecule has 1 aromatic carbocycles. The molecule has 2 aromatic rings. The Morgan fingerprint density at radius 2 is 2.05 bits per heavy atom. The van der Waals surface area contributed by atoms with Gasteiger partial charge in [0.25, 0.3) is 0 Å². The summed E-state index contributed by atoms with van der Waals surface area (Å²) < 4.78 is 30.2. The van der Waals surface area contributed by atoms with Gasteiger partial charge in [-0.15, -0.1) is 0 Å². The van der Waals surface area contributed by atoms with E-state index in [0.717, 1.165) is 25.7 Å². The van der Waals surface area contributed by atoms with Crippen molar-refractivity contribution in [1.82, 2.24) is 9.78 Å². The minimum Gasteiger partial charge on any atom is -0.435 e. The van der Waals surface area contributed by atoms with Crippen LogP contribution in [0.25, 0.3) is 11.3 Å². The molecule has 6 heteroatoms. The van der Waals surface area contributed by atoms with Crippen LogP contribution in [0, 0.1) is 0 Å². The van der Waals surface area contributed by atoms with Crippen LogP contribution in [-0.2, 0) is 6.54 Å². The summed E-state index contributed by atoms with van der Waals surface area (Å²) in [5.74, 6) is 0.0758. The lowest BCUT2D eigenvalue weighted by Gasteiger charge is -2.05. The molecule has 0 aliphatic carbocycles. The van der Waals surface area contributed by atoms with Gasteiger partial charge in [0.1, 0.15) is 11.4 Å². The number of hydrogen-bond donors (Lipinski definition) is 0. The van der Waals surface area contributed by atoms with Crippen LogP contribution in [-0.4, -0.2) is 22.7 Å². The van der Waals surface area contributed by atoms with E-state index in [9.17, 15) is 13.6 Å². The van der Waals surface area contributed by atoms with E-state index in [1.165, 1.54) is 12.1 Å². The van der Waals surface area contributed by atoms with Crippen LogP contribution in [0.4, 0.5) is 8.78 Å². The van der Waals surface area contributed by atoms with Crippen molar-refractivity contribution in [2.75, 3.05) is 0 Å². The van der Waals surface area contributed by atoms with Crippen LogP contribution in [0.2, 0.25) is 0 Å². The molecule has 112 valence electrons. The average Bonchev–Trinajstić information content (AvgIpc) is 2.88. The smallest absolute Gasteiger partial charge is 0.387 e. The van der Waals surface area contributed by atoms with Crippen molar-refractivity contribution in [2.45, 2.75) is 32.9 Å². The van der Waals surface area contributed by atoms with Gasteiger partial charge in [0, 0.05) is 18.3 Å². The standard InChI is InChI=1S/C15H16F2N2O2/c1-2-3-8-19-9-12(10-20)14(18-19)11-4-6-13(7-5-11)21-15(16)17/h4-7,9-10,15H,2-3,8H2,1H3. The van der Waals surface area contributed by atoms with Crippen LogP contribution in [0.5, 0.6) is 5.75 Å². The lowest BCUT2D eigenvalue weighted by molar-refractivity contribution is -0.0498. The molecule has 0 bridgehead atoms. The highest BCUT2D eigenvalue weighted by molar-refractivity contribution is 5.85. The summed E-state index contributed by atoms with van der Waals surface area (Å²) in [5, 5.41) is 4.38. The molecule has 4 nitrogen and oxygen atoms in total. The minimum absolute atomic E-state index is 0.0758. The third kappa shape index (κ3) is 3.87. The molecule has 0 aliphatic rings. The van der Waals surface area contributed by atoms with E-state index in [0.29, 0.717) is 16.8 Å². The molecular weight excluding hydrogens is 278 g/mol. The number of unbranched alkanes of at least 4 members (excludes halogenated alkanes) is 1. The number of aryl methyl sites for hydroxylation is 1. The summed E-state index contributed by atoms with van der Waals surface area (Å²) in [6, 6.07) is 6.08. The number of carbonyl (C=O) groups is 1. The normalized spacial score (nSPS) is 10.9. The fraction of sp³-hybridized carbons (Fsp3) is 0.333. The number of hydrogen-bond acceptors (Lipinski definition) is 3. The number of ether oxygens (including phenoxy) is 1. The van der Waals surface area contributed by atoms with Gasteiger partial charge in [-0.05, 0) is 30.7 Å². The van der Waals surface area contributed by atoms with Crippen molar-refractivity contribution < 1.29 is 18.3 Å². The number of halogens is 2. The van der Waals surface area contributed by atoms with Gasteiger partial charge < -0.3 is 4.74 Å². The Labute approximate surface area is 121 Å². The molecule has 1 heterocycles. The van der Waals surface area contributed by atoms with Gasteiger partial charge in [0.2, 0.25) is 0 Å². The van der Waals surface area contributed by atoms with E-state index in [-0.39, 0.29) is 5.75 Å². The van der Waals surface area contributed by atoms with Gasteiger partial charge in [-0.3, -0.25) is 9.48 Å². The van der Waals surface area contributed by atoms with Gasteiger partial charge >= 0.3 is 6.61 Å². The predicted molar refractivity (Wildman–Crippen MR) is 74.6 cm³/mol. The zero-order valence-corrected chi connectivity index (χ0v) is 11.6. The van der Waals surface area contributed by atoms with Crippen molar-refractivity contribution in [3.8, 4) is 17.0 Å². The van der Waals surface area contributed by atoms with E-state index in [4.69, 9.17) is 0 Å². The van der Waals surface area contributed by atoms with E-state index >= 15 is 0 Å². The van der Waals surface area contributed by atoms with E-state index in [1.54, 1.807) is 23.0 Å². The highest BCUT2D eigenvalue weighted by Gasteiger charge is 2.11. The Kier molecular flexibility index (Phi) is 5.03. The lowest BCUT2D eigenvalue weighted by atomic mass is 10.1. The van der Waals surface area contributed by atoms with E-state index in [2.05, 4.69) is 16.8 Å². The minimum atomic E-state index is -2.85. The maximum Gasteiger partial charge on any atom is 0.387 e. The summed E-state index contributed by atoms with van der Waals surface area (Å²) in [6.45, 7) is -0.0360. The predicted octanol–water partition coefficient (Wildman–Crippen LogP) is 3.76. The molecular formula is C15H16F2N2O2. The first-order valence-electron chi connectivity index (χ1n) is 6.72. The molecule has 1 aromatic heterocycles. The zero-order valence-electron chi connectivity index (χ0n) is 11.6. The van der Waals surface area contributed by atoms with E-state index < -0.39 is 6.61 Å². The number of nitrogens with zero attached hydrogens (tertiary/aromatic N) is 2. The maximum absolute atomic E-state index is 12.1. The summed E-state index contributed by atoms with van der Waals surface area (Å²) in [7, 11) is 0. The quantitative estimate of drug-likeness (QED) is 0.730. The molecule has 0 radical (unpaired) electrons. The summed E-state index contributed by atoms with van der Waals surface area (Å²) >= 11 is 0. The van der Waals surface area contributed by atoms with Crippen molar-refractivity contribution in [3.63, 3.8) is 0 Å². The second kappa shape index (κ2) is 6.97. The van der Waals surface area contributed by atoms with E-state index in [1.807, 2.05) is 0 Å². The molecule has 0 saturated carbocycles. The molecule has 21 heavy (non-hydrogen) atoms. The Bertz CT molecular complexity index is 594. The Balaban J connectivity index is 2.23. The molecule has 0 amide bonds. The Hall–Kier alpha value is -2.24. The number of carbonyl (C=O) groups excluding carboxylic acids is 1. The van der Waals surface area contributed by atoms with Crippen molar-refractivity contribution in [3.05, 3.63) is 36.0 Å². The zero-order chi connectivity index (χ0) is 15.2. The summed E-state index contributed by atoms with van der Waals surface area (Å²) in [4.78, 5) is 11.1. The summed E-state index contributed by atoms with van der Waals surface area (Å²) in [5.41, 5.74) is 1.72. The molecule has 0 saturated heterocycles. The average molecular weight is 294 g/mol. The highest BCUT2D eigenvalue weighted by atomic mass is 19.3. The first-order chi connectivity index (χ1) is 10.1. The molecule has 0 aliphatic heterocycles. The fourth-order valence-corrected chi connectivity index (χ4v) is 1.98. The van der Waals surface area contributed by atoms with Crippen LogP contribution in [0.15, 0.2) is 30.5 Å². The van der Waals surface area contributed by atoms with Gasteiger partial charge in [0.15, 0.2) is 6.29 Å². The second-order valence-electron chi connectivity index (χ2n) is 4.57. The largest absolute Gasteiger partial charge is 0.435 e. The molecule has 0 spiro atoms. The fourth-order valence-electron chi connectivity index (χ4n) is 1.98. The number of aldehydes is 1. The lowest BCUT2D eigenvalue weighted by Crippen LogP contribution is -2.01. The highest BCUT2D eigenvalue weighted by Crippen LogP contribution is 2.24. The Morgan fingerprint density at radius 3 is 2.62 bits per heavy atom. The third-order valence-electron chi connectivity index (χ3n) is 3.01. The van der Waals surface area contributed by atoms with Crippen LogP contribution < -0.4 is 4.74 Å². The van der Waals surface area contributed by atoms with Gasteiger partial charge in [-0.2, -0.15) is 13.9 Å². The van der Waals surface area contributed by atoms with Crippen molar-refractivity contribution in [2.24, 2.45) is 0 Å². The molecule has 0 N–H and O–H groups in total. The molecule has 0 unspecified atom stereocenters. The molecule has 0 fully saturated rings.